The topological polar surface area (TPSA) is 23.6 Å². The van der Waals surface area contributed by atoms with Crippen LogP contribution < -0.4 is 0 Å². The molecule has 0 spiro atoms. The highest BCUT2D eigenvalue weighted by molar-refractivity contribution is 7.11. The van der Waals surface area contributed by atoms with Gasteiger partial charge in [-0.1, -0.05) is 13.3 Å². The molecule has 2 saturated heterocycles. The van der Waals surface area contributed by atoms with Gasteiger partial charge in [-0.05, 0) is 50.8 Å². The van der Waals surface area contributed by atoms with Crippen LogP contribution in [0, 0.1) is 0 Å². The average Bonchev–Trinajstić information content (AvgIpc) is 3.14. The second kappa shape index (κ2) is 7.60. The highest BCUT2D eigenvalue weighted by Crippen LogP contribution is 2.25. The molecule has 2 aliphatic heterocycles. The van der Waals surface area contributed by atoms with Gasteiger partial charge in [-0.15, -0.1) is 11.3 Å². The van der Waals surface area contributed by atoms with Crippen LogP contribution in [0.5, 0.6) is 0 Å². The maximum absolute atomic E-state index is 12.0. The zero-order valence-corrected chi connectivity index (χ0v) is 14.5. The lowest BCUT2D eigenvalue weighted by molar-refractivity contribution is -0.130. The first-order valence-corrected chi connectivity index (χ1v) is 9.67. The number of hydrogen-bond donors (Lipinski definition) is 0. The van der Waals surface area contributed by atoms with Crippen molar-refractivity contribution in [1.29, 1.82) is 0 Å². The predicted molar refractivity (Wildman–Crippen MR) is 92.2 cm³/mol. The van der Waals surface area contributed by atoms with Gasteiger partial charge in [0.15, 0.2) is 0 Å². The van der Waals surface area contributed by atoms with Gasteiger partial charge in [0.05, 0.1) is 0 Å². The highest BCUT2D eigenvalue weighted by Gasteiger charge is 2.31. The maximum Gasteiger partial charge on any atom is 0.222 e. The van der Waals surface area contributed by atoms with Crippen LogP contribution in [-0.2, 0) is 17.8 Å². The van der Waals surface area contributed by atoms with Crippen LogP contribution in [0.2, 0.25) is 0 Å². The smallest absolute Gasteiger partial charge is 0.222 e. The number of carbonyl (C=O) groups is 1. The molecule has 1 atom stereocenters. The van der Waals surface area contributed by atoms with E-state index < -0.39 is 0 Å². The van der Waals surface area contributed by atoms with E-state index in [0.29, 0.717) is 11.9 Å². The van der Waals surface area contributed by atoms with E-state index >= 15 is 0 Å². The minimum atomic E-state index is 0.379. The van der Waals surface area contributed by atoms with Gasteiger partial charge in [-0.3, -0.25) is 9.69 Å². The summed E-state index contributed by atoms with van der Waals surface area (Å²) >= 11 is 1.98. The molecule has 0 saturated carbocycles. The van der Waals surface area contributed by atoms with Crippen molar-refractivity contribution in [1.82, 2.24) is 9.80 Å². The van der Waals surface area contributed by atoms with Crippen LogP contribution in [0.15, 0.2) is 12.1 Å². The summed E-state index contributed by atoms with van der Waals surface area (Å²) in [6, 6.07) is 5.07. The van der Waals surface area contributed by atoms with Crippen molar-refractivity contribution in [2.75, 3.05) is 19.6 Å². The van der Waals surface area contributed by atoms with Crippen LogP contribution >= 0.6 is 11.3 Å². The molecule has 0 bridgehead atoms. The van der Waals surface area contributed by atoms with Crippen molar-refractivity contribution in [2.45, 2.75) is 64.5 Å². The summed E-state index contributed by atoms with van der Waals surface area (Å²) in [5.74, 6) is 0.379. The molecule has 0 aliphatic carbocycles. The minimum Gasteiger partial charge on any atom is -0.338 e. The second-order valence-corrected chi connectivity index (χ2v) is 7.95. The van der Waals surface area contributed by atoms with E-state index in [-0.39, 0.29) is 0 Å². The van der Waals surface area contributed by atoms with Crippen molar-refractivity contribution < 1.29 is 4.79 Å². The molecule has 1 unspecified atom stereocenters. The van der Waals surface area contributed by atoms with Crippen molar-refractivity contribution in [2.24, 2.45) is 0 Å². The third-order valence-corrected chi connectivity index (χ3v) is 6.03. The zero-order valence-electron chi connectivity index (χ0n) is 13.7. The third-order valence-electron chi connectivity index (χ3n) is 4.90. The van der Waals surface area contributed by atoms with Crippen LogP contribution in [0.4, 0.5) is 0 Å². The van der Waals surface area contributed by atoms with Gasteiger partial charge in [0.25, 0.3) is 0 Å². The number of carbonyl (C=O) groups excluding carboxylic acids is 1. The Morgan fingerprint density at radius 2 is 2.09 bits per heavy atom. The molecule has 1 amide bonds. The fourth-order valence-corrected chi connectivity index (χ4v) is 4.80. The summed E-state index contributed by atoms with van der Waals surface area (Å²) < 4.78 is 0. The molecule has 2 fully saturated rings. The van der Waals surface area contributed by atoms with Gasteiger partial charge in [-0.25, -0.2) is 0 Å². The van der Waals surface area contributed by atoms with Gasteiger partial charge < -0.3 is 4.90 Å². The summed E-state index contributed by atoms with van der Waals surface area (Å²) in [5, 5.41) is 0. The van der Waals surface area contributed by atoms with Gasteiger partial charge in [-0.2, -0.15) is 0 Å². The van der Waals surface area contributed by atoms with E-state index in [9.17, 15) is 4.79 Å². The van der Waals surface area contributed by atoms with Gasteiger partial charge in [0.2, 0.25) is 5.91 Å². The van der Waals surface area contributed by atoms with Crippen LogP contribution in [0.3, 0.4) is 0 Å². The van der Waals surface area contributed by atoms with Gasteiger partial charge in [0, 0.05) is 41.9 Å². The number of unbranched alkanes of at least 4 members (excludes halogenated alkanes) is 1. The number of nitrogens with zero attached hydrogens (tertiary/aromatic N) is 2. The summed E-state index contributed by atoms with van der Waals surface area (Å²) in [4.78, 5) is 19.7. The van der Waals surface area contributed by atoms with Crippen molar-refractivity contribution in [3.8, 4) is 0 Å². The quantitative estimate of drug-likeness (QED) is 0.798. The van der Waals surface area contributed by atoms with Crippen molar-refractivity contribution in [3.05, 3.63) is 21.9 Å². The number of aryl methyl sites for hydroxylation is 1. The molecule has 0 radical (unpaired) electrons. The Kier molecular flexibility index (Phi) is 5.53. The summed E-state index contributed by atoms with van der Waals surface area (Å²) in [5.41, 5.74) is 0. The molecule has 4 heteroatoms. The first-order chi connectivity index (χ1) is 10.8. The summed E-state index contributed by atoms with van der Waals surface area (Å²) in [6.45, 7) is 6.55. The highest BCUT2D eigenvalue weighted by atomic mass is 32.1. The number of hydrogen-bond acceptors (Lipinski definition) is 3. The van der Waals surface area contributed by atoms with E-state index in [1.165, 1.54) is 48.4 Å². The Bertz CT molecular complexity index is 499. The van der Waals surface area contributed by atoms with Gasteiger partial charge in [0.1, 0.15) is 0 Å². The first-order valence-electron chi connectivity index (χ1n) is 8.85. The molecule has 122 valence electrons. The molecule has 0 N–H and O–H groups in total. The van der Waals surface area contributed by atoms with E-state index in [1.807, 2.05) is 11.3 Å². The monoisotopic (exact) mass is 320 g/mol. The number of likely N-dealkylation sites (tertiary alicyclic amines) is 2. The third kappa shape index (κ3) is 3.90. The Hall–Kier alpha value is -0.870. The SMILES string of the molecule is CCCCc1ccc(CN2CCCC(N3CCCC3=O)C2)s1. The first kappa shape index (κ1) is 16.0. The molecule has 22 heavy (non-hydrogen) atoms. The number of piperidine rings is 1. The number of rotatable bonds is 6. The van der Waals surface area contributed by atoms with Gasteiger partial charge >= 0.3 is 0 Å². The molecule has 1 aromatic heterocycles. The molecule has 1 aromatic rings. The summed E-state index contributed by atoms with van der Waals surface area (Å²) in [7, 11) is 0. The van der Waals surface area contributed by atoms with Crippen LogP contribution in [0.25, 0.3) is 0 Å². The number of amides is 1. The standard InChI is InChI=1S/C18H28N2OS/c1-2-3-7-16-9-10-17(22-16)14-19-11-4-6-15(13-19)20-12-5-8-18(20)21/h9-10,15H,2-8,11-14H2,1H3. The largest absolute Gasteiger partial charge is 0.338 e. The lowest BCUT2D eigenvalue weighted by Crippen LogP contribution is -2.47. The lowest BCUT2D eigenvalue weighted by atomic mass is 10.0. The predicted octanol–water partition coefficient (Wildman–Crippen LogP) is 3.68. The molecule has 3 heterocycles. The van der Waals surface area contributed by atoms with E-state index in [2.05, 4.69) is 28.9 Å². The Morgan fingerprint density at radius 3 is 2.86 bits per heavy atom. The van der Waals surface area contributed by atoms with Crippen LogP contribution in [-0.4, -0.2) is 41.4 Å². The van der Waals surface area contributed by atoms with Crippen LogP contribution in [0.1, 0.15) is 55.2 Å². The molecular formula is C18H28N2OS. The van der Waals surface area contributed by atoms with E-state index in [0.717, 1.165) is 32.5 Å². The molecule has 3 nitrogen and oxygen atoms in total. The second-order valence-electron chi connectivity index (χ2n) is 6.69. The lowest BCUT2D eigenvalue weighted by Gasteiger charge is -2.37. The number of thiophene rings is 1. The molecule has 0 aromatic carbocycles. The fraction of sp³-hybridized carbons (Fsp3) is 0.722. The Labute approximate surface area is 138 Å². The fourth-order valence-electron chi connectivity index (χ4n) is 3.70. The minimum absolute atomic E-state index is 0.379. The van der Waals surface area contributed by atoms with E-state index in [1.54, 1.807) is 0 Å². The summed E-state index contributed by atoms with van der Waals surface area (Å²) in [6.07, 6.45) is 8.03. The Balaban J connectivity index is 1.53. The molecular weight excluding hydrogens is 292 g/mol. The average molecular weight is 321 g/mol. The molecule has 2 aliphatic rings. The van der Waals surface area contributed by atoms with Crippen molar-refractivity contribution >= 4 is 17.2 Å². The molecule has 3 rings (SSSR count). The van der Waals surface area contributed by atoms with Crippen molar-refractivity contribution in [3.63, 3.8) is 0 Å². The normalized spacial score (nSPS) is 23.4. The van der Waals surface area contributed by atoms with E-state index in [4.69, 9.17) is 0 Å². The maximum atomic E-state index is 12.0. The Morgan fingerprint density at radius 1 is 1.23 bits per heavy atom. The zero-order chi connectivity index (χ0) is 15.4.